The second kappa shape index (κ2) is 7.07. The van der Waals surface area contributed by atoms with Crippen molar-refractivity contribution in [2.45, 2.75) is 32.4 Å². The second-order valence-electron chi connectivity index (χ2n) is 6.19. The van der Waals surface area contributed by atoms with E-state index in [1.807, 2.05) is 30.3 Å². The maximum Gasteiger partial charge on any atom is 0.119 e. The van der Waals surface area contributed by atoms with Crippen LogP contribution in [-0.4, -0.2) is 43.5 Å². The molecule has 1 heterocycles. The molecule has 0 saturated carbocycles. The predicted octanol–water partition coefficient (Wildman–Crippen LogP) is 1.40. The minimum absolute atomic E-state index is 0.220. The van der Waals surface area contributed by atoms with E-state index in [9.17, 15) is 5.11 Å². The fourth-order valence-corrected chi connectivity index (χ4v) is 2.60. The summed E-state index contributed by atoms with van der Waals surface area (Å²) in [5, 5.41) is 16.9. The van der Waals surface area contributed by atoms with E-state index in [1.54, 1.807) is 0 Å². The van der Waals surface area contributed by atoms with Gasteiger partial charge in [-0.05, 0) is 30.5 Å². The van der Waals surface area contributed by atoms with Crippen LogP contribution in [0.1, 0.15) is 20.3 Å². The molecule has 1 aromatic rings. The SMILES string of the molecule is CC1(C)CNCCC1NCC(O)COc1ccccc1. The Morgan fingerprint density at radius 1 is 1.40 bits per heavy atom. The molecule has 112 valence electrons. The summed E-state index contributed by atoms with van der Waals surface area (Å²) < 4.78 is 5.56. The Kier molecular flexibility index (Phi) is 5.40. The molecule has 1 fully saturated rings. The number of aliphatic hydroxyl groups excluding tert-OH is 1. The smallest absolute Gasteiger partial charge is 0.119 e. The zero-order valence-electron chi connectivity index (χ0n) is 12.4. The highest BCUT2D eigenvalue weighted by molar-refractivity contribution is 5.20. The van der Waals surface area contributed by atoms with Crippen molar-refractivity contribution in [3.05, 3.63) is 30.3 Å². The van der Waals surface area contributed by atoms with Gasteiger partial charge < -0.3 is 20.5 Å². The molecule has 20 heavy (non-hydrogen) atoms. The normalized spacial score (nSPS) is 23.2. The van der Waals surface area contributed by atoms with Gasteiger partial charge in [-0.2, -0.15) is 0 Å². The quantitative estimate of drug-likeness (QED) is 0.736. The standard InChI is InChI=1S/C16H26N2O2/c1-16(2)12-17-9-8-15(16)18-10-13(19)11-20-14-6-4-3-5-7-14/h3-7,13,15,17-19H,8-12H2,1-2H3. The van der Waals surface area contributed by atoms with Gasteiger partial charge in [-0.25, -0.2) is 0 Å². The van der Waals surface area contributed by atoms with Gasteiger partial charge in [-0.3, -0.25) is 0 Å². The van der Waals surface area contributed by atoms with E-state index >= 15 is 0 Å². The Bertz CT molecular complexity index is 395. The van der Waals surface area contributed by atoms with Crippen LogP contribution in [0, 0.1) is 5.41 Å². The predicted molar refractivity (Wildman–Crippen MR) is 81.0 cm³/mol. The third kappa shape index (κ3) is 4.47. The summed E-state index contributed by atoms with van der Waals surface area (Å²) in [6, 6.07) is 10.0. The van der Waals surface area contributed by atoms with Crippen molar-refractivity contribution in [3.63, 3.8) is 0 Å². The molecule has 2 atom stereocenters. The zero-order chi connectivity index (χ0) is 14.4. The zero-order valence-corrected chi connectivity index (χ0v) is 12.4. The first-order valence-electron chi connectivity index (χ1n) is 7.38. The molecule has 2 unspecified atom stereocenters. The van der Waals surface area contributed by atoms with Crippen LogP contribution in [-0.2, 0) is 0 Å². The minimum Gasteiger partial charge on any atom is -0.491 e. The van der Waals surface area contributed by atoms with Crippen molar-refractivity contribution in [2.24, 2.45) is 5.41 Å². The summed E-state index contributed by atoms with van der Waals surface area (Å²) in [6.07, 6.45) is 0.611. The average molecular weight is 278 g/mol. The van der Waals surface area contributed by atoms with Gasteiger partial charge in [0.05, 0.1) is 0 Å². The van der Waals surface area contributed by atoms with Crippen LogP contribution in [0.2, 0.25) is 0 Å². The molecule has 1 aromatic carbocycles. The molecule has 4 heteroatoms. The van der Waals surface area contributed by atoms with Crippen LogP contribution < -0.4 is 15.4 Å². The maximum absolute atomic E-state index is 10.0. The molecule has 0 aliphatic carbocycles. The van der Waals surface area contributed by atoms with Crippen LogP contribution >= 0.6 is 0 Å². The first kappa shape index (κ1) is 15.3. The lowest BCUT2D eigenvalue weighted by Crippen LogP contribution is -2.54. The van der Waals surface area contributed by atoms with Crippen LogP contribution in [0.15, 0.2) is 30.3 Å². The number of hydrogen-bond acceptors (Lipinski definition) is 4. The molecule has 1 aliphatic heterocycles. The summed E-state index contributed by atoms with van der Waals surface area (Å²) in [7, 11) is 0. The summed E-state index contributed by atoms with van der Waals surface area (Å²) >= 11 is 0. The van der Waals surface area contributed by atoms with E-state index in [4.69, 9.17) is 4.74 Å². The minimum atomic E-state index is -0.485. The third-order valence-electron chi connectivity index (χ3n) is 3.92. The number of nitrogens with one attached hydrogen (secondary N) is 2. The van der Waals surface area contributed by atoms with E-state index in [-0.39, 0.29) is 5.41 Å². The molecule has 2 rings (SSSR count). The monoisotopic (exact) mass is 278 g/mol. The number of rotatable bonds is 6. The molecule has 1 aliphatic rings. The molecule has 0 radical (unpaired) electrons. The lowest BCUT2D eigenvalue weighted by Gasteiger charge is -2.40. The molecule has 0 amide bonds. The molecular formula is C16H26N2O2. The van der Waals surface area contributed by atoms with Gasteiger partial charge in [0.15, 0.2) is 0 Å². The van der Waals surface area contributed by atoms with Gasteiger partial charge in [-0.1, -0.05) is 32.0 Å². The lowest BCUT2D eigenvalue weighted by molar-refractivity contribution is 0.0906. The number of piperidine rings is 1. The second-order valence-corrected chi connectivity index (χ2v) is 6.19. The van der Waals surface area contributed by atoms with Gasteiger partial charge in [0.25, 0.3) is 0 Å². The Balaban J connectivity index is 1.71. The highest BCUT2D eigenvalue weighted by atomic mass is 16.5. The Hall–Kier alpha value is -1.10. The van der Waals surface area contributed by atoms with E-state index in [0.717, 1.165) is 25.3 Å². The van der Waals surface area contributed by atoms with Crippen molar-refractivity contribution in [3.8, 4) is 5.75 Å². The molecule has 0 bridgehead atoms. The van der Waals surface area contributed by atoms with Gasteiger partial charge >= 0.3 is 0 Å². The van der Waals surface area contributed by atoms with E-state index in [2.05, 4.69) is 24.5 Å². The van der Waals surface area contributed by atoms with Crippen molar-refractivity contribution >= 4 is 0 Å². The van der Waals surface area contributed by atoms with Crippen molar-refractivity contribution < 1.29 is 9.84 Å². The van der Waals surface area contributed by atoms with Gasteiger partial charge in [-0.15, -0.1) is 0 Å². The Labute approximate surface area is 121 Å². The average Bonchev–Trinajstić information content (AvgIpc) is 2.44. The van der Waals surface area contributed by atoms with Gasteiger partial charge in [0.2, 0.25) is 0 Å². The third-order valence-corrected chi connectivity index (χ3v) is 3.92. The number of aliphatic hydroxyl groups is 1. The van der Waals surface area contributed by atoms with Crippen LogP contribution in [0.3, 0.4) is 0 Å². The Morgan fingerprint density at radius 2 is 2.15 bits per heavy atom. The largest absolute Gasteiger partial charge is 0.491 e. The molecular weight excluding hydrogens is 252 g/mol. The fourth-order valence-electron chi connectivity index (χ4n) is 2.60. The van der Waals surface area contributed by atoms with Crippen LogP contribution in [0.25, 0.3) is 0 Å². The Morgan fingerprint density at radius 3 is 2.85 bits per heavy atom. The van der Waals surface area contributed by atoms with Crippen molar-refractivity contribution in [1.82, 2.24) is 10.6 Å². The van der Waals surface area contributed by atoms with Crippen LogP contribution in [0.4, 0.5) is 0 Å². The first-order valence-corrected chi connectivity index (χ1v) is 7.38. The highest BCUT2D eigenvalue weighted by Crippen LogP contribution is 2.24. The summed E-state index contributed by atoms with van der Waals surface area (Å²) in [6.45, 7) is 7.45. The van der Waals surface area contributed by atoms with E-state index in [0.29, 0.717) is 19.2 Å². The summed E-state index contributed by atoms with van der Waals surface area (Å²) in [5.41, 5.74) is 0.220. The van der Waals surface area contributed by atoms with Crippen molar-refractivity contribution in [2.75, 3.05) is 26.2 Å². The number of para-hydroxylation sites is 1. The number of hydrogen-bond donors (Lipinski definition) is 3. The molecule has 4 nitrogen and oxygen atoms in total. The van der Waals surface area contributed by atoms with Gasteiger partial charge in [0.1, 0.15) is 18.5 Å². The summed E-state index contributed by atoms with van der Waals surface area (Å²) in [5.74, 6) is 0.800. The maximum atomic E-state index is 10.0. The van der Waals surface area contributed by atoms with Crippen LogP contribution in [0.5, 0.6) is 5.75 Å². The fraction of sp³-hybridized carbons (Fsp3) is 0.625. The van der Waals surface area contributed by atoms with E-state index < -0.39 is 6.10 Å². The topological polar surface area (TPSA) is 53.5 Å². The molecule has 1 saturated heterocycles. The lowest BCUT2D eigenvalue weighted by atomic mass is 9.80. The summed E-state index contributed by atoms with van der Waals surface area (Å²) in [4.78, 5) is 0. The molecule has 3 N–H and O–H groups in total. The number of benzene rings is 1. The van der Waals surface area contributed by atoms with Crippen molar-refractivity contribution in [1.29, 1.82) is 0 Å². The number of ether oxygens (including phenoxy) is 1. The highest BCUT2D eigenvalue weighted by Gasteiger charge is 2.31. The first-order chi connectivity index (χ1) is 9.58. The molecule has 0 aromatic heterocycles. The van der Waals surface area contributed by atoms with Gasteiger partial charge in [0, 0.05) is 19.1 Å². The van der Waals surface area contributed by atoms with E-state index in [1.165, 1.54) is 0 Å². The molecule has 0 spiro atoms.